The van der Waals surface area contributed by atoms with E-state index >= 15 is 0 Å². The van der Waals surface area contributed by atoms with Crippen molar-refractivity contribution in [3.63, 3.8) is 0 Å². The number of ether oxygens (including phenoxy) is 2. The molecule has 62 heavy (non-hydrogen) atoms. The Morgan fingerprint density at radius 2 is 0.839 bits per heavy atom. The van der Waals surface area contributed by atoms with Crippen LogP contribution in [0.2, 0.25) is 0 Å². The molecule has 0 fully saturated rings. The second-order valence-corrected chi connectivity index (χ2v) is 21.0. The van der Waals surface area contributed by atoms with E-state index in [2.05, 4.69) is 26.0 Å². The molecule has 0 aliphatic rings. The van der Waals surface area contributed by atoms with Crippen molar-refractivity contribution in [1.82, 2.24) is 0 Å². The first kappa shape index (κ1) is 61.2. The number of allylic oxidation sites excluding steroid dienone is 2. The van der Waals surface area contributed by atoms with Crippen LogP contribution in [0, 0.1) is 0 Å². The average Bonchev–Trinajstić information content (AvgIpc) is 3.23. The molecule has 0 saturated carbocycles. The molecule has 0 aliphatic heterocycles. The third kappa shape index (κ3) is 50.2. The lowest BCUT2D eigenvalue weighted by Gasteiger charge is -2.28. The first-order valence-corrected chi connectivity index (χ1v) is 28.4. The number of rotatable bonds is 51. The van der Waals surface area contributed by atoms with E-state index in [0.29, 0.717) is 24.1 Å². The Balaban J connectivity index is 4.03. The van der Waals surface area contributed by atoms with Gasteiger partial charge in [-0.1, -0.05) is 231 Å². The summed E-state index contributed by atoms with van der Waals surface area (Å²) < 4.78 is 34.8. The number of phosphoric ester groups is 1. The molecule has 0 heterocycles. The van der Waals surface area contributed by atoms with Gasteiger partial charge in [-0.05, 0) is 38.5 Å². The van der Waals surface area contributed by atoms with Crippen molar-refractivity contribution in [3.8, 4) is 0 Å². The van der Waals surface area contributed by atoms with Gasteiger partial charge in [0.1, 0.15) is 19.3 Å². The minimum Gasteiger partial charge on any atom is -0.756 e. The van der Waals surface area contributed by atoms with Crippen molar-refractivity contribution in [1.29, 1.82) is 0 Å². The van der Waals surface area contributed by atoms with Gasteiger partial charge in [0.2, 0.25) is 0 Å². The van der Waals surface area contributed by atoms with Crippen LogP contribution in [0.15, 0.2) is 12.2 Å². The number of carbonyl (C=O) groups is 1. The summed E-state index contributed by atoms with van der Waals surface area (Å²) in [5.74, 6) is -0.327. The molecule has 0 aromatic carbocycles. The lowest BCUT2D eigenvalue weighted by atomic mass is 10.0. The van der Waals surface area contributed by atoms with Crippen molar-refractivity contribution >= 4 is 13.8 Å². The zero-order valence-corrected chi connectivity index (χ0v) is 43.0. The minimum absolute atomic E-state index is 0.0301. The number of phosphoric acid groups is 1. The fraction of sp³-hybridized carbons (Fsp3) is 0.943. The van der Waals surface area contributed by atoms with Gasteiger partial charge in [0.15, 0.2) is 0 Å². The van der Waals surface area contributed by atoms with Crippen LogP contribution in [-0.4, -0.2) is 70.7 Å². The van der Waals surface area contributed by atoms with Gasteiger partial charge >= 0.3 is 5.97 Å². The van der Waals surface area contributed by atoms with E-state index < -0.39 is 13.9 Å². The first-order chi connectivity index (χ1) is 30.1. The Morgan fingerprint density at radius 3 is 1.23 bits per heavy atom. The van der Waals surface area contributed by atoms with E-state index in [9.17, 15) is 14.3 Å². The normalized spacial score (nSPS) is 13.6. The largest absolute Gasteiger partial charge is 0.756 e. The molecule has 0 spiro atoms. The Bertz CT molecular complexity index is 1000. The van der Waals surface area contributed by atoms with Crippen molar-refractivity contribution in [2.24, 2.45) is 0 Å². The molecule has 0 amide bonds. The molecule has 2 unspecified atom stereocenters. The smallest absolute Gasteiger partial charge is 0.306 e. The Kier molecular flexibility index (Phi) is 46.2. The van der Waals surface area contributed by atoms with Crippen molar-refractivity contribution in [3.05, 3.63) is 12.2 Å². The van der Waals surface area contributed by atoms with Crippen LogP contribution in [0.4, 0.5) is 0 Å². The molecular formula is C53H106NO7P. The molecule has 2 atom stereocenters. The van der Waals surface area contributed by atoms with Gasteiger partial charge in [-0.15, -0.1) is 0 Å². The molecule has 0 aliphatic carbocycles. The number of quaternary nitrogens is 1. The highest BCUT2D eigenvalue weighted by Gasteiger charge is 2.20. The number of esters is 1. The summed E-state index contributed by atoms with van der Waals surface area (Å²) in [6.07, 6.45) is 53.8. The number of hydrogen-bond acceptors (Lipinski definition) is 7. The second-order valence-electron chi connectivity index (χ2n) is 19.6. The zero-order valence-electron chi connectivity index (χ0n) is 42.1. The molecule has 0 rings (SSSR count). The van der Waals surface area contributed by atoms with Gasteiger partial charge in [-0.3, -0.25) is 9.36 Å². The van der Waals surface area contributed by atoms with Crippen LogP contribution >= 0.6 is 7.82 Å². The Labute approximate surface area is 386 Å². The third-order valence-corrected chi connectivity index (χ3v) is 13.0. The van der Waals surface area contributed by atoms with Gasteiger partial charge in [0.05, 0.1) is 34.4 Å². The van der Waals surface area contributed by atoms with Crippen LogP contribution in [0.3, 0.4) is 0 Å². The summed E-state index contributed by atoms with van der Waals surface area (Å²) in [4.78, 5) is 25.2. The highest BCUT2D eigenvalue weighted by molar-refractivity contribution is 7.45. The molecule has 9 heteroatoms. The summed E-state index contributed by atoms with van der Waals surface area (Å²) >= 11 is 0. The van der Waals surface area contributed by atoms with Crippen LogP contribution in [0.5, 0.6) is 0 Å². The van der Waals surface area contributed by atoms with E-state index in [0.717, 1.165) is 32.1 Å². The molecule has 0 radical (unpaired) electrons. The quantitative estimate of drug-likeness (QED) is 0.0197. The molecule has 8 nitrogen and oxygen atoms in total. The first-order valence-electron chi connectivity index (χ1n) is 26.9. The van der Waals surface area contributed by atoms with Gasteiger partial charge in [-0.2, -0.15) is 0 Å². The van der Waals surface area contributed by atoms with Crippen molar-refractivity contribution in [2.45, 2.75) is 270 Å². The lowest BCUT2D eigenvalue weighted by molar-refractivity contribution is -0.870. The maximum absolute atomic E-state index is 12.8. The number of nitrogens with zero attached hydrogens (tertiary/aromatic N) is 1. The average molecular weight is 900 g/mol. The van der Waals surface area contributed by atoms with E-state index in [4.69, 9.17) is 18.5 Å². The SMILES string of the molecule is CCCCCCCCCC/C=C\CCCCCCCCCCCCCCCC(=O)OC(COCCCCCCCCCCCCCCCCC)COP(=O)([O-])OCC[N+](C)(C)C. The summed E-state index contributed by atoms with van der Waals surface area (Å²) in [5, 5.41) is 0. The topological polar surface area (TPSA) is 94.1 Å². The van der Waals surface area contributed by atoms with Crippen molar-refractivity contribution in [2.75, 3.05) is 54.1 Å². The molecule has 0 aromatic rings. The van der Waals surface area contributed by atoms with Gasteiger partial charge in [0, 0.05) is 13.0 Å². The molecule has 0 saturated heterocycles. The number of hydrogen-bond donors (Lipinski definition) is 0. The molecular weight excluding hydrogens is 794 g/mol. The Morgan fingerprint density at radius 1 is 0.484 bits per heavy atom. The predicted octanol–water partition coefficient (Wildman–Crippen LogP) is 15.9. The standard InChI is InChI=1S/C53H106NO7P/c1-6-8-10-12-14-16-18-20-22-23-24-25-26-27-28-29-30-31-32-34-36-38-40-42-44-46-53(55)61-52(51-60-62(56,57)59-49-47-54(3,4)5)50-58-48-45-43-41-39-37-35-33-21-19-17-15-13-11-9-7-2/h23-24,52H,6-22,25-51H2,1-5H3/b24-23-. The molecule has 0 bridgehead atoms. The predicted molar refractivity (Wildman–Crippen MR) is 264 cm³/mol. The lowest BCUT2D eigenvalue weighted by Crippen LogP contribution is -2.37. The maximum atomic E-state index is 12.8. The van der Waals surface area contributed by atoms with E-state index in [-0.39, 0.29) is 25.8 Å². The summed E-state index contributed by atoms with van der Waals surface area (Å²) in [7, 11) is 1.37. The van der Waals surface area contributed by atoms with Crippen molar-refractivity contribution < 1.29 is 37.3 Å². The monoisotopic (exact) mass is 900 g/mol. The van der Waals surface area contributed by atoms with E-state index in [1.54, 1.807) is 0 Å². The fourth-order valence-corrected chi connectivity index (χ4v) is 8.63. The molecule has 370 valence electrons. The van der Waals surface area contributed by atoms with Gasteiger partial charge in [0.25, 0.3) is 7.82 Å². The summed E-state index contributed by atoms with van der Waals surface area (Å²) in [6, 6.07) is 0. The summed E-state index contributed by atoms with van der Waals surface area (Å²) in [5.41, 5.74) is 0. The fourth-order valence-electron chi connectivity index (χ4n) is 7.90. The van der Waals surface area contributed by atoms with E-state index in [1.165, 1.54) is 212 Å². The van der Waals surface area contributed by atoms with Crippen LogP contribution in [0.1, 0.15) is 264 Å². The Hall–Kier alpha value is -0.760. The third-order valence-electron chi connectivity index (χ3n) is 12.1. The van der Waals surface area contributed by atoms with Crippen LogP contribution in [-0.2, 0) is 27.9 Å². The number of carbonyl (C=O) groups excluding carboxylic acids is 1. The van der Waals surface area contributed by atoms with E-state index in [1.807, 2.05) is 21.1 Å². The highest BCUT2D eigenvalue weighted by atomic mass is 31.2. The number of unbranched alkanes of at least 4 members (excludes halogenated alkanes) is 35. The van der Waals surface area contributed by atoms with Gasteiger partial charge in [-0.25, -0.2) is 0 Å². The molecule has 0 N–H and O–H groups in total. The second kappa shape index (κ2) is 46.8. The van der Waals surface area contributed by atoms with Gasteiger partial charge < -0.3 is 27.9 Å². The summed E-state index contributed by atoms with van der Waals surface area (Å²) in [6.45, 7) is 5.48. The highest BCUT2D eigenvalue weighted by Crippen LogP contribution is 2.38. The number of likely N-dealkylation sites (N-methyl/N-ethyl adjacent to an activating group) is 1. The van der Waals surface area contributed by atoms with Crippen LogP contribution < -0.4 is 4.89 Å². The minimum atomic E-state index is -4.52. The van der Waals surface area contributed by atoms with Crippen LogP contribution in [0.25, 0.3) is 0 Å². The maximum Gasteiger partial charge on any atom is 0.306 e. The zero-order chi connectivity index (χ0) is 45.5. The molecule has 0 aromatic heterocycles.